The lowest BCUT2D eigenvalue weighted by Crippen LogP contribution is -2.33. The van der Waals surface area contributed by atoms with Crippen LogP contribution in [0.4, 0.5) is 10.1 Å². The second-order valence-electron chi connectivity index (χ2n) is 2.78. The van der Waals surface area contributed by atoms with Crippen molar-refractivity contribution in [3.63, 3.8) is 0 Å². The lowest BCUT2D eigenvalue weighted by molar-refractivity contribution is -0.111. The molecule has 1 aromatic rings. The zero-order valence-electron chi connectivity index (χ0n) is 7.77. The minimum atomic E-state index is -1.91. The zero-order chi connectivity index (χ0) is 11.4. The minimum absolute atomic E-state index is 0.120. The monoisotopic (exact) mass is 209 g/mol. The number of hydrogen-bond donors (Lipinski definition) is 3. The molecular formula is C9H9BFNO3. The Bertz CT molecular complexity index is 395. The third-order valence-corrected chi connectivity index (χ3v) is 1.75. The molecule has 0 heterocycles. The lowest BCUT2D eigenvalue weighted by atomic mass is 9.79. The van der Waals surface area contributed by atoms with Gasteiger partial charge in [-0.15, -0.1) is 0 Å². The quantitative estimate of drug-likeness (QED) is 0.469. The van der Waals surface area contributed by atoms with Gasteiger partial charge in [0.05, 0.1) is 5.69 Å². The van der Waals surface area contributed by atoms with E-state index in [9.17, 15) is 9.18 Å². The molecule has 0 aliphatic heterocycles. The van der Waals surface area contributed by atoms with Crippen LogP contribution in [0.15, 0.2) is 30.9 Å². The lowest BCUT2D eigenvalue weighted by Gasteiger charge is -2.07. The third-order valence-electron chi connectivity index (χ3n) is 1.75. The summed E-state index contributed by atoms with van der Waals surface area (Å²) in [6, 6.07) is 3.92. The van der Waals surface area contributed by atoms with E-state index in [-0.39, 0.29) is 11.2 Å². The van der Waals surface area contributed by atoms with Crippen molar-refractivity contribution in [1.82, 2.24) is 0 Å². The molecule has 78 valence electrons. The van der Waals surface area contributed by atoms with E-state index < -0.39 is 18.8 Å². The predicted molar refractivity (Wildman–Crippen MR) is 55.1 cm³/mol. The zero-order valence-corrected chi connectivity index (χ0v) is 7.77. The third kappa shape index (κ3) is 2.65. The number of nitrogens with one attached hydrogen (secondary N) is 1. The second-order valence-corrected chi connectivity index (χ2v) is 2.78. The topological polar surface area (TPSA) is 69.6 Å². The molecule has 0 bridgehead atoms. The standard InChI is InChI=1S/C9H9BFNO3/c1-2-8(13)12-7-5-3-4-6(9(7)11)10(14)15/h2-5,14-15H,1H2,(H,12,13). The molecule has 1 rings (SSSR count). The van der Waals surface area contributed by atoms with Gasteiger partial charge in [-0.3, -0.25) is 4.79 Å². The molecule has 0 radical (unpaired) electrons. The van der Waals surface area contributed by atoms with Crippen LogP contribution in [0.25, 0.3) is 0 Å². The van der Waals surface area contributed by atoms with Crippen LogP contribution in [-0.2, 0) is 4.79 Å². The number of halogens is 1. The van der Waals surface area contributed by atoms with Crippen LogP contribution >= 0.6 is 0 Å². The summed E-state index contributed by atoms with van der Waals surface area (Å²) in [5.74, 6) is -1.44. The van der Waals surface area contributed by atoms with Gasteiger partial charge in [0, 0.05) is 5.46 Å². The normalized spacial score (nSPS) is 9.53. The first-order valence-electron chi connectivity index (χ1n) is 4.14. The highest BCUT2D eigenvalue weighted by Crippen LogP contribution is 2.11. The van der Waals surface area contributed by atoms with Crippen LogP contribution in [-0.4, -0.2) is 23.1 Å². The van der Waals surface area contributed by atoms with Crippen LogP contribution < -0.4 is 10.8 Å². The first kappa shape index (κ1) is 11.4. The summed E-state index contributed by atoms with van der Waals surface area (Å²) in [6.07, 6.45) is 0.988. The van der Waals surface area contributed by atoms with Crippen molar-refractivity contribution in [2.75, 3.05) is 5.32 Å². The number of hydrogen-bond acceptors (Lipinski definition) is 3. The molecular weight excluding hydrogens is 200 g/mol. The average molecular weight is 209 g/mol. The molecule has 4 nitrogen and oxygen atoms in total. The van der Waals surface area contributed by atoms with E-state index in [1.54, 1.807) is 0 Å². The fourth-order valence-corrected chi connectivity index (χ4v) is 1.03. The van der Waals surface area contributed by atoms with E-state index in [0.717, 1.165) is 6.08 Å². The summed E-state index contributed by atoms with van der Waals surface area (Å²) >= 11 is 0. The summed E-state index contributed by atoms with van der Waals surface area (Å²) < 4.78 is 13.5. The Kier molecular flexibility index (Phi) is 3.59. The molecule has 0 saturated carbocycles. The second kappa shape index (κ2) is 4.72. The molecule has 0 saturated heterocycles. The van der Waals surface area contributed by atoms with Crippen molar-refractivity contribution in [3.8, 4) is 0 Å². The Morgan fingerprint density at radius 1 is 1.53 bits per heavy atom. The summed E-state index contributed by atoms with van der Waals surface area (Å²) in [4.78, 5) is 10.9. The molecule has 0 aliphatic carbocycles. The van der Waals surface area contributed by atoms with Gasteiger partial charge in [-0.05, 0) is 12.1 Å². The van der Waals surface area contributed by atoms with Crippen molar-refractivity contribution in [2.45, 2.75) is 0 Å². The molecule has 15 heavy (non-hydrogen) atoms. The van der Waals surface area contributed by atoms with Gasteiger partial charge >= 0.3 is 7.12 Å². The number of anilines is 1. The van der Waals surface area contributed by atoms with Crippen molar-refractivity contribution in [2.24, 2.45) is 0 Å². The van der Waals surface area contributed by atoms with Crippen LogP contribution in [0.1, 0.15) is 0 Å². The van der Waals surface area contributed by atoms with Gasteiger partial charge < -0.3 is 15.4 Å². The SMILES string of the molecule is C=CC(=O)Nc1cccc(B(O)O)c1F. The Morgan fingerprint density at radius 2 is 2.20 bits per heavy atom. The summed E-state index contributed by atoms with van der Waals surface area (Å²) in [6.45, 7) is 3.21. The van der Waals surface area contributed by atoms with E-state index in [0.29, 0.717) is 0 Å². The highest BCUT2D eigenvalue weighted by atomic mass is 19.1. The smallest absolute Gasteiger partial charge is 0.423 e. The van der Waals surface area contributed by atoms with Crippen molar-refractivity contribution in [3.05, 3.63) is 36.7 Å². The molecule has 0 atom stereocenters. The molecule has 0 aromatic heterocycles. The number of amides is 1. The van der Waals surface area contributed by atoms with Crippen LogP contribution in [0.3, 0.4) is 0 Å². The Labute approximate surface area is 86.2 Å². The van der Waals surface area contributed by atoms with E-state index in [1.165, 1.54) is 18.2 Å². The fraction of sp³-hybridized carbons (Fsp3) is 0. The highest BCUT2D eigenvalue weighted by Gasteiger charge is 2.18. The molecule has 1 amide bonds. The first-order valence-corrected chi connectivity index (χ1v) is 4.14. The maximum absolute atomic E-state index is 13.5. The van der Waals surface area contributed by atoms with E-state index >= 15 is 0 Å². The summed E-state index contributed by atoms with van der Waals surface area (Å²) in [7, 11) is -1.91. The van der Waals surface area contributed by atoms with Crippen LogP contribution in [0.5, 0.6) is 0 Å². The van der Waals surface area contributed by atoms with Crippen molar-refractivity contribution >= 4 is 24.2 Å². The number of rotatable bonds is 3. The molecule has 0 unspecified atom stereocenters. The number of benzene rings is 1. The van der Waals surface area contributed by atoms with Gasteiger partial charge in [0.1, 0.15) is 5.82 Å². The number of carbonyl (C=O) groups is 1. The Balaban J connectivity index is 3.04. The Hall–Kier alpha value is -1.66. The maximum atomic E-state index is 13.5. The van der Waals surface area contributed by atoms with Gasteiger partial charge in [-0.2, -0.15) is 0 Å². The largest absolute Gasteiger partial charge is 0.491 e. The molecule has 3 N–H and O–H groups in total. The van der Waals surface area contributed by atoms with Crippen LogP contribution in [0, 0.1) is 5.82 Å². The highest BCUT2D eigenvalue weighted by molar-refractivity contribution is 6.58. The summed E-state index contributed by atoms with van der Waals surface area (Å²) in [5, 5.41) is 19.8. The average Bonchev–Trinajstić information content (AvgIpc) is 2.20. The van der Waals surface area contributed by atoms with E-state index in [4.69, 9.17) is 10.0 Å². The molecule has 6 heteroatoms. The van der Waals surface area contributed by atoms with E-state index in [2.05, 4.69) is 11.9 Å². The van der Waals surface area contributed by atoms with Crippen molar-refractivity contribution < 1.29 is 19.2 Å². The van der Waals surface area contributed by atoms with Gasteiger partial charge in [-0.1, -0.05) is 18.7 Å². The van der Waals surface area contributed by atoms with Gasteiger partial charge in [0.25, 0.3) is 0 Å². The molecule has 1 aromatic carbocycles. The van der Waals surface area contributed by atoms with Gasteiger partial charge in [0.15, 0.2) is 0 Å². The molecule has 0 fully saturated rings. The predicted octanol–water partition coefficient (Wildman–Crippen LogP) is -0.370. The van der Waals surface area contributed by atoms with Crippen LogP contribution in [0.2, 0.25) is 0 Å². The molecule has 0 spiro atoms. The maximum Gasteiger partial charge on any atom is 0.491 e. The number of carbonyl (C=O) groups excluding carboxylic acids is 1. The minimum Gasteiger partial charge on any atom is -0.423 e. The fourth-order valence-electron chi connectivity index (χ4n) is 1.03. The van der Waals surface area contributed by atoms with Gasteiger partial charge in [0.2, 0.25) is 5.91 Å². The Morgan fingerprint density at radius 3 is 2.73 bits per heavy atom. The first-order chi connectivity index (χ1) is 7.06. The van der Waals surface area contributed by atoms with E-state index in [1.807, 2.05) is 0 Å². The molecule has 0 aliphatic rings. The van der Waals surface area contributed by atoms with Crippen molar-refractivity contribution in [1.29, 1.82) is 0 Å². The summed E-state index contributed by atoms with van der Waals surface area (Å²) in [5.41, 5.74) is -0.414. The van der Waals surface area contributed by atoms with Gasteiger partial charge in [-0.25, -0.2) is 4.39 Å².